The van der Waals surface area contributed by atoms with Crippen LogP contribution in [0.25, 0.3) is 0 Å². The third kappa shape index (κ3) is 3.36. The van der Waals surface area contributed by atoms with E-state index in [9.17, 15) is 4.79 Å². The van der Waals surface area contributed by atoms with Crippen LogP contribution >= 0.6 is 12.4 Å². The lowest BCUT2D eigenvalue weighted by molar-refractivity contribution is 0.0979. The van der Waals surface area contributed by atoms with E-state index in [-0.39, 0.29) is 18.2 Å². The summed E-state index contributed by atoms with van der Waals surface area (Å²) in [6, 6.07) is 7.57. The van der Waals surface area contributed by atoms with Gasteiger partial charge in [-0.05, 0) is 26.2 Å². The molecule has 0 atom stereocenters. The van der Waals surface area contributed by atoms with E-state index in [2.05, 4.69) is 10.1 Å². The number of carbonyl (C=O) groups excluding carboxylic acids is 1. The van der Waals surface area contributed by atoms with Gasteiger partial charge in [-0.2, -0.15) is 4.98 Å². The SMILES string of the molecule is Cc1ccc(C(=O)CCc2nc(C3(N)CCC3)no2)cc1.Cl. The molecule has 1 fully saturated rings. The smallest absolute Gasteiger partial charge is 0.227 e. The van der Waals surface area contributed by atoms with Crippen molar-refractivity contribution < 1.29 is 9.32 Å². The summed E-state index contributed by atoms with van der Waals surface area (Å²) >= 11 is 0. The Bertz CT molecular complexity index is 648. The van der Waals surface area contributed by atoms with Crippen LogP contribution in [0.4, 0.5) is 0 Å². The van der Waals surface area contributed by atoms with Crippen molar-refractivity contribution in [3.8, 4) is 0 Å². The van der Waals surface area contributed by atoms with Crippen molar-refractivity contribution in [2.24, 2.45) is 5.73 Å². The first-order valence-corrected chi connectivity index (χ1v) is 7.29. The first kappa shape index (κ1) is 16.6. The van der Waals surface area contributed by atoms with Crippen LogP contribution in [0.5, 0.6) is 0 Å². The number of Topliss-reactive ketones (excluding diaryl/α,β-unsaturated/α-hetero) is 1. The summed E-state index contributed by atoms with van der Waals surface area (Å²) in [4.78, 5) is 16.4. The normalized spacial score (nSPS) is 15.7. The molecule has 2 N–H and O–H groups in total. The van der Waals surface area contributed by atoms with Crippen LogP contribution < -0.4 is 5.73 Å². The number of nitrogens with zero attached hydrogens (tertiary/aromatic N) is 2. The van der Waals surface area contributed by atoms with Crippen LogP contribution in [0.1, 0.15) is 53.3 Å². The molecule has 6 heteroatoms. The molecule has 2 aromatic rings. The number of halogens is 1. The summed E-state index contributed by atoms with van der Waals surface area (Å²) in [5.41, 5.74) is 7.59. The molecule has 1 aromatic carbocycles. The summed E-state index contributed by atoms with van der Waals surface area (Å²) in [7, 11) is 0. The molecule has 0 aliphatic heterocycles. The number of hydrogen-bond acceptors (Lipinski definition) is 5. The second-order valence-electron chi connectivity index (χ2n) is 5.81. The number of carbonyl (C=O) groups is 1. The summed E-state index contributed by atoms with van der Waals surface area (Å²) < 4.78 is 5.20. The monoisotopic (exact) mass is 321 g/mol. The highest BCUT2D eigenvalue weighted by Gasteiger charge is 2.38. The lowest BCUT2D eigenvalue weighted by Crippen LogP contribution is -2.44. The maximum absolute atomic E-state index is 12.1. The fourth-order valence-electron chi connectivity index (χ4n) is 2.44. The lowest BCUT2D eigenvalue weighted by atomic mass is 9.77. The fraction of sp³-hybridized carbons (Fsp3) is 0.438. The minimum atomic E-state index is -0.414. The number of hydrogen-bond donors (Lipinski definition) is 1. The first-order chi connectivity index (χ1) is 10.1. The molecule has 1 aliphatic rings. The van der Waals surface area contributed by atoms with E-state index in [1.54, 1.807) is 0 Å². The van der Waals surface area contributed by atoms with Gasteiger partial charge >= 0.3 is 0 Å². The van der Waals surface area contributed by atoms with Crippen LogP contribution in [0, 0.1) is 6.92 Å². The third-order valence-corrected chi connectivity index (χ3v) is 4.10. The Labute approximate surface area is 135 Å². The van der Waals surface area contributed by atoms with E-state index in [1.165, 1.54) is 0 Å². The summed E-state index contributed by atoms with van der Waals surface area (Å²) in [6.07, 6.45) is 3.72. The van der Waals surface area contributed by atoms with E-state index in [0.29, 0.717) is 24.6 Å². The topological polar surface area (TPSA) is 82.0 Å². The van der Waals surface area contributed by atoms with Gasteiger partial charge in [0.05, 0.1) is 5.54 Å². The zero-order valence-corrected chi connectivity index (χ0v) is 13.4. The van der Waals surface area contributed by atoms with Crippen molar-refractivity contribution in [3.05, 3.63) is 47.1 Å². The lowest BCUT2D eigenvalue weighted by Gasteiger charge is -2.34. The number of rotatable bonds is 5. The standard InChI is InChI=1S/C16H19N3O2.ClH/c1-11-3-5-12(6-4-11)13(20)7-8-14-18-15(19-21-14)16(17)9-2-10-16;/h3-6H,2,7-10,17H2,1H3;1H. The van der Waals surface area contributed by atoms with Gasteiger partial charge in [0.1, 0.15) is 0 Å². The Hall–Kier alpha value is -1.72. The Morgan fingerprint density at radius 1 is 1.32 bits per heavy atom. The Morgan fingerprint density at radius 3 is 2.59 bits per heavy atom. The van der Waals surface area contributed by atoms with Crippen LogP contribution in [-0.4, -0.2) is 15.9 Å². The van der Waals surface area contributed by atoms with E-state index in [4.69, 9.17) is 10.3 Å². The predicted octanol–water partition coefficient (Wildman–Crippen LogP) is 2.95. The zero-order chi connectivity index (χ0) is 14.9. The zero-order valence-electron chi connectivity index (χ0n) is 12.5. The summed E-state index contributed by atoms with van der Waals surface area (Å²) in [5.74, 6) is 1.15. The Balaban J connectivity index is 0.00000176. The quantitative estimate of drug-likeness (QED) is 0.856. The second-order valence-corrected chi connectivity index (χ2v) is 5.81. The predicted molar refractivity (Wildman–Crippen MR) is 85.1 cm³/mol. The van der Waals surface area contributed by atoms with Gasteiger partial charge in [0, 0.05) is 18.4 Å². The molecular weight excluding hydrogens is 302 g/mol. The molecule has 1 aromatic heterocycles. The number of ketones is 1. The highest BCUT2D eigenvalue weighted by Crippen LogP contribution is 2.36. The molecule has 0 radical (unpaired) electrons. The summed E-state index contributed by atoms with van der Waals surface area (Å²) in [6.45, 7) is 2.00. The molecule has 1 saturated carbocycles. The van der Waals surface area contributed by atoms with E-state index < -0.39 is 5.54 Å². The van der Waals surface area contributed by atoms with Gasteiger partial charge in [-0.25, -0.2) is 0 Å². The number of aryl methyl sites for hydroxylation is 2. The van der Waals surface area contributed by atoms with Crippen molar-refractivity contribution in [2.75, 3.05) is 0 Å². The summed E-state index contributed by atoms with van der Waals surface area (Å²) in [5, 5.41) is 3.95. The van der Waals surface area contributed by atoms with Crippen LogP contribution in [0.3, 0.4) is 0 Å². The minimum Gasteiger partial charge on any atom is -0.339 e. The average molecular weight is 322 g/mol. The molecule has 0 amide bonds. The first-order valence-electron chi connectivity index (χ1n) is 7.29. The molecule has 3 rings (SSSR count). The molecule has 1 aliphatic carbocycles. The van der Waals surface area contributed by atoms with Gasteiger partial charge < -0.3 is 10.3 Å². The highest BCUT2D eigenvalue weighted by atomic mass is 35.5. The number of benzene rings is 1. The highest BCUT2D eigenvalue weighted by molar-refractivity contribution is 5.96. The molecule has 0 spiro atoms. The largest absolute Gasteiger partial charge is 0.339 e. The van der Waals surface area contributed by atoms with E-state index >= 15 is 0 Å². The Morgan fingerprint density at radius 2 is 2.00 bits per heavy atom. The molecule has 0 unspecified atom stereocenters. The molecule has 5 nitrogen and oxygen atoms in total. The van der Waals surface area contributed by atoms with Crippen molar-refractivity contribution in [1.82, 2.24) is 10.1 Å². The third-order valence-electron chi connectivity index (χ3n) is 4.10. The molecule has 0 bridgehead atoms. The van der Waals surface area contributed by atoms with Crippen LogP contribution in [-0.2, 0) is 12.0 Å². The maximum Gasteiger partial charge on any atom is 0.227 e. The molecule has 118 valence electrons. The van der Waals surface area contributed by atoms with Gasteiger partial charge in [0.2, 0.25) is 5.89 Å². The molecule has 22 heavy (non-hydrogen) atoms. The molecule has 0 saturated heterocycles. The fourth-order valence-corrected chi connectivity index (χ4v) is 2.44. The van der Waals surface area contributed by atoms with Crippen LogP contribution in [0.2, 0.25) is 0 Å². The van der Waals surface area contributed by atoms with Crippen molar-refractivity contribution in [2.45, 2.75) is 44.6 Å². The van der Waals surface area contributed by atoms with Gasteiger partial charge in [-0.3, -0.25) is 4.79 Å². The van der Waals surface area contributed by atoms with Gasteiger partial charge in [0.15, 0.2) is 11.6 Å². The van der Waals surface area contributed by atoms with Crippen molar-refractivity contribution >= 4 is 18.2 Å². The van der Waals surface area contributed by atoms with Crippen molar-refractivity contribution in [3.63, 3.8) is 0 Å². The number of nitrogens with two attached hydrogens (primary N) is 1. The van der Waals surface area contributed by atoms with Crippen LogP contribution in [0.15, 0.2) is 28.8 Å². The maximum atomic E-state index is 12.1. The second kappa shape index (κ2) is 6.58. The Kier molecular flexibility index (Phi) is 4.98. The van der Waals surface area contributed by atoms with Gasteiger partial charge in [-0.1, -0.05) is 35.0 Å². The van der Waals surface area contributed by atoms with E-state index in [1.807, 2.05) is 31.2 Å². The molecular formula is C16H20ClN3O2. The molecule has 1 heterocycles. The minimum absolute atomic E-state index is 0. The van der Waals surface area contributed by atoms with Gasteiger partial charge in [0.25, 0.3) is 0 Å². The van der Waals surface area contributed by atoms with E-state index in [0.717, 1.165) is 30.4 Å². The van der Waals surface area contributed by atoms with Gasteiger partial charge in [-0.15, -0.1) is 12.4 Å². The average Bonchev–Trinajstić information content (AvgIpc) is 2.92. The van der Waals surface area contributed by atoms with Crippen molar-refractivity contribution in [1.29, 1.82) is 0 Å². The number of aromatic nitrogens is 2.